The van der Waals surface area contributed by atoms with Gasteiger partial charge < -0.3 is 14.8 Å². The van der Waals surface area contributed by atoms with Crippen molar-refractivity contribution in [2.24, 2.45) is 0 Å². The molecule has 1 aliphatic rings. The Morgan fingerprint density at radius 2 is 2.20 bits per heavy atom. The summed E-state index contributed by atoms with van der Waals surface area (Å²) in [5.74, 6) is -0.693. The molecule has 2 N–H and O–H groups in total. The summed E-state index contributed by atoms with van der Waals surface area (Å²) in [5, 5.41) is 9.97. The highest BCUT2D eigenvalue weighted by molar-refractivity contribution is 5.67. The van der Waals surface area contributed by atoms with E-state index in [0.29, 0.717) is 19.0 Å². The number of benzene rings is 1. The highest BCUT2D eigenvalue weighted by Crippen LogP contribution is 2.28. The third-order valence-corrected chi connectivity index (χ3v) is 3.38. The molecule has 1 aliphatic heterocycles. The summed E-state index contributed by atoms with van der Waals surface area (Å²) >= 11 is 0. The number of nitrogens with one attached hydrogen (secondary N) is 1. The molecule has 0 radical (unpaired) electrons. The van der Waals surface area contributed by atoms with E-state index in [9.17, 15) is 14.3 Å². The van der Waals surface area contributed by atoms with Crippen LogP contribution in [0.4, 0.5) is 4.39 Å². The van der Waals surface area contributed by atoms with Crippen molar-refractivity contribution in [1.29, 1.82) is 0 Å². The van der Waals surface area contributed by atoms with Gasteiger partial charge in [0.05, 0.1) is 6.61 Å². The molecule has 1 aromatic heterocycles. The predicted molar refractivity (Wildman–Crippen MR) is 70.1 cm³/mol. The maximum Gasteiger partial charge on any atom is 0.262 e. The van der Waals surface area contributed by atoms with Crippen LogP contribution in [0.5, 0.6) is 5.88 Å². The Balaban J connectivity index is 2.10. The van der Waals surface area contributed by atoms with Gasteiger partial charge in [-0.25, -0.2) is 4.39 Å². The van der Waals surface area contributed by atoms with Gasteiger partial charge in [-0.05, 0) is 12.5 Å². The van der Waals surface area contributed by atoms with Gasteiger partial charge in [0.15, 0.2) is 0 Å². The number of halogens is 1. The Hall–Kier alpha value is -2.21. The number of H-pyrrole nitrogens is 1. The molecule has 6 heteroatoms. The number of nitrogens with zero attached hydrogens (tertiary/aromatic N) is 1. The first-order chi connectivity index (χ1) is 9.66. The number of hydrogen-bond donors (Lipinski definition) is 2. The summed E-state index contributed by atoms with van der Waals surface area (Å²) in [5.41, 5.74) is -0.664. The van der Waals surface area contributed by atoms with Crippen LogP contribution in [0, 0.1) is 5.82 Å². The van der Waals surface area contributed by atoms with Crippen molar-refractivity contribution < 1.29 is 14.2 Å². The van der Waals surface area contributed by atoms with E-state index in [0.717, 1.165) is 6.42 Å². The molecular formula is C14H13FN2O3. The molecule has 2 heterocycles. The van der Waals surface area contributed by atoms with Crippen LogP contribution in [0.1, 0.15) is 18.2 Å². The van der Waals surface area contributed by atoms with Gasteiger partial charge in [0.25, 0.3) is 5.56 Å². The molecule has 0 aliphatic carbocycles. The standard InChI is InChI=1S/C14H13FN2O3/c15-10-4-2-1-3-9(10)11-13(18)16-12(17-14(11)19)8-5-6-20-7-8/h1-4,8H,5-7H2,(H2,16,17,18,19). The van der Waals surface area contributed by atoms with Crippen LogP contribution in [-0.2, 0) is 4.74 Å². The number of rotatable bonds is 2. The maximum absolute atomic E-state index is 13.7. The zero-order valence-electron chi connectivity index (χ0n) is 10.6. The topological polar surface area (TPSA) is 75.2 Å². The Kier molecular flexibility index (Phi) is 3.23. The summed E-state index contributed by atoms with van der Waals surface area (Å²) in [7, 11) is 0. The van der Waals surface area contributed by atoms with E-state index in [-0.39, 0.29) is 17.0 Å². The molecule has 0 bridgehead atoms. The fourth-order valence-corrected chi connectivity index (χ4v) is 2.33. The van der Waals surface area contributed by atoms with Crippen LogP contribution in [0.2, 0.25) is 0 Å². The predicted octanol–water partition coefficient (Wildman–Crippen LogP) is 1.79. The minimum atomic E-state index is -0.577. The van der Waals surface area contributed by atoms with Crippen LogP contribution in [0.15, 0.2) is 29.1 Å². The average Bonchev–Trinajstić information content (AvgIpc) is 2.94. The fourth-order valence-electron chi connectivity index (χ4n) is 2.33. The number of aromatic hydroxyl groups is 1. The molecule has 2 aromatic rings. The lowest BCUT2D eigenvalue weighted by atomic mass is 10.1. The largest absolute Gasteiger partial charge is 0.493 e. The van der Waals surface area contributed by atoms with Gasteiger partial charge in [0.1, 0.15) is 17.2 Å². The molecule has 20 heavy (non-hydrogen) atoms. The minimum Gasteiger partial charge on any atom is -0.493 e. The molecule has 1 saturated heterocycles. The van der Waals surface area contributed by atoms with Crippen LogP contribution in [-0.4, -0.2) is 28.3 Å². The van der Waals surface area contributed by atoms with Crippen molar-refractivity contribution in [1.82, 2.24) is 9.97 Å². The second kappa shape index (κ2) is 5.05. The van der Waals surface area contributed by atoms with Gasteiger partial charge >= 0.3 is 0 Å². The van der Waals surface area contributed by atoms with E-state index >= 15 is 0 Å². The SMILES string of the molecule is O=c1[nH]c(C2CCOC2)nc(O)c1-c1ccccc1F. The van der Waals surface area contributed by atoms with Crippen LogP contribution in [0.3, 0.4) is 0 Å². The molecule has 3 rings (SSSR count). The quantitative estimate of drug-likeness (QED) is 0.876. The van der Waals surface area contributed by atoms with Crippen molar-refractivity contribution in [2.45, 2.75) is 12.3 Å². The van der Waals surface area contributed by atoms with Crippen molar-refractivity contribution >= 4 is 0 Å². The first-order valence-electron chi connectivity index (χ1n) is 6.32. The normalized spacial score (nSPS) is 18.4. The van der Waals surface area contributed by atoms with Gasteiger partial charge in [-0.15, -0.1) is 0 Å². The van der Waals surface area contributed by atoms with Crippen molar-refractivity contribution in [3.8, 4) is 17.0 Å². The lowest BCUT2D eigenvalue weighted by Gasteiger charge is -2.10. The summed E-state index contributed by atoms with van der Waals surface area (Å²) in [4.78, 5) is 18.7. The van der Waals surface area contributed by atoms with Crippen LogP contribution >= 0.6 is 0 Å². The van der Waals surface area contributed by atoms with Crippen LogP contribution in [0.25, 0.3) is 11.1 Å². The van der Waals surface area contributed by atoms with Gasteiger partial charge in [0, 0.05) is 18.1 Å². The molecule has 104 valence electrons. The van der Waals surface area contributed by atoms with Crippen molar-refractivity contribution in [2.75, 3.05) is 13.2 Å². The summed E-state index contributed by atoms with van der Waals surface area (Å²) in [6, 6.07) is 5.77. The van der Waals surface area contributed by atoms with E-state index < -0.39 is 17.3 Å². The fraction of sp³-hybridized carbons (Fsp3) is 0.286. The average molecular weight is 276 g/mol. The number of ether oxygens (including phenoxy) is 1. The second-order valence-corrected chi connectivity index (χ2v) is 4.69. The molecule has 1 aromatic carbocycles. The third kappa shape index (κ3) is 2.18. The summed E-state index contributed by atoms with van der Waals surface area (Å²) in [6.45, 7) is 1.06. The third-order valence-electron chi connectivity index (χ3n) is 3.38. The first-order valence-corrected chi connectivity index (χ1v) is 6.32. The lowest BCUT2D eigenvalue weighted by molar-refractivity contribution is 0.193. The Bertz CT molecular complexity index is 693. The minimum absolute atomic E-state index is 0.0352. The molecule has 0 amide bonds. The molecule has 5 nitrogen and oxygen atoms in total. The van der Waals surface area contributed by atoms with E-state index in [1.165, 1.54) is 18.2 Å². The Labute approximate surface area is 114 Å². The van der Waals surface area contributed by atoms with E-state index in [4.69, 9.17) is 4.74 Å². The smallest absolute Gasteiger partial charge is 0.262 e. The lowest BCUT2D eigenvalue weighted by Crippen LogP contribution is -2.17. The van der Waals surface area contributed by atoms with E-state index in [1.807, 2.05) is 0 Å². The summed E-state index contributed by atoms with van der Waals surface area (Å²) in [6.07, 6.45) is 0.738. The molecule has 0 saturated carbocycles. The zero-order chi connectivity index (χ0) is 14.1. The van der Waals surface area contributed by atoms with Gasteiger partial charge in [-0.1, -0.05) is 18.2 Å². The monoisotopic (exact) mass is 276 g/mol. The first kappa shape index (κ1) is 12.8. The molecule has 1 fully saturated rings. The second-order valence-electron chi connectivity index (χ2n) is 4.69. The Morgan fingerprint density at radius 1 is 1.40 bits per heavy atom. The number of aromatic amines is 1. The van der Waals surface area contributed by atoms with Crippen molar-refractivity contribution in [3.63, 3.8) is 0 Å². The maximum atomic E-state index is 13.7. The number of hydrogen-bond acceptors (Lipinski definition) is 4. The molecule has 1 atom stereocenters. The molecule has 1 unspecified atom stereocenters. The Morgan fingerprint density at radius 3 is 2.85 bits per heavy atom. The van der Waals surface area contributed by atoms with E-state index in [2.05, 4.69) is 9.97 Å². The molecular weight excluding hydrogens is 263 g/mol. The van der Waals surface area contributed by atoms with Crippen LogP contribution < -0.4 is 5.56 Å². The van der Waals surface area contributed by atoms with Gasteiger partial charge in [0.2, 0.25) is 5.88 Å². The zero-order valence-corrected chi connectivity index (χ0v) is 10.6. The van der Waals surface area contributed by atoms with Gasteiger partial charge in [-0.3, -0.25) is 4.79 Å². The molecule has 0 spiro atoms. The highest BCUT2D eigenvalue weighted by atomic mass is 19.1. The summed E-state index contributed by atoms with van der Waals surface area (Å²) < 4.78 is 18.9. The van der Waals surface area contributed by atoms with E-state index in [1.54, 1.807) is 6.07 Å². The number of aromatic nitrogens is 2. The van der Waals surface area contributed by atoms with Crippen molar-refractivity contribution in [3.05, 3.63) is 46.3 Å². The van der Waals surface area contributed by atoms with Gasteiger partial charge in [-0.2, -0.15) is 4.98 Å². The highest BCUT2D eigenvalue weighted by Gasteiger charge is 2.23.